The maximum Gasteiger partial charge on any atom is 0.258 e. The Kier molecular flexibility index (Phi) is 5.28. The van der Waals surface area contributed by atoms with E-state index in [9.17, 15) is 4.79 Å². The fourth-order valence-corrected chi connectivity index (χ4v) is 2.28. The Bertz CT molecular complexity index is 883. The summed E-state index contributed by atoms with van der Waals surface area (Å²) in [6, 6.07) is 14.7. The van der Waals surface area contributed by atoms with E-state index in [1.165, 1.54) is 19.5 Å². The maximum atomic E-state index is 12.4. The maximum absolute atomic E-state index is 12.4. The normalized spacial score (nSPS) is 10.1. The second-order valence-corrected chi connectivity index (χ2v) is 5.31. The van der Waals surface area contributed by atoms with Gasteiger partial charge in [-0.3, -0.25) is 4.79 Å². The van der Waals surface area contributed by atoms with E-state index in [0.29, 0.717) is 28.7 Å². The van der Waals surface area contributed by atoms with Crippen LogP contribution in [0.1, 0.15) is 10.4 Å². The van der Waals surface area contributed by atoms with Crippen LogP contribution < -0.4 is 20.1 Å². The van der Waals surface area contributed by atoms with Crippen molar-refractivity contribution in [2.75, 3.05) is 24.9 Å². The van der Waals surface area contributed by atoms with Crippen molar-refractivity contribution in [3.63, 3.8) is 0 Å². The summed E-state index contributed by atoms with van der Waals surface area (Å²) < 4.78 is 10.4. The van der Waals surface area contributed by atoms with Crippen LogP contribution in [-0.2, 0) is 0 Å². The van der Waals surface area contributed by atoms with E-state index in [-0.39, 0.29) is 5.91 Å². The van der Waals surface area contributed by atoms with Crippen molar-refractivity contribution < 1.29 is 14.3 Å². The third kappa shape index (κ3) is 4.07. The van der Waals surface area contributed by atoms with Gasteiger partial charge < -0.3 is 20.1 Å². The molecule has 3 rings (SSSR count). The SMILES string of the molecule is COc1ccc(NC(=O)c2cnc(Nc3ccccc3)nc2)cc1OC. The van der Waals surface area contributed by atoms with Gasteiger partial charge in [0.1, 0.15) is 0 Å². The summed E-state index contributed by atoms with van der Waals surface area (Å²) in [5, 5.41) is 5.84. The molecule has 1 aromatic heterocycles. The predicted octanol–water partition coefficient (Wildman–Crippen LogP) is 3.49. The number of carbonyl (C=O) groups excluding carboxylic acids is 1. The number of amides is 1. The lowest BCUT2D eigenvalue weighted by Crippen LogP contribution is -2.13. The summed E-state index contributed by atoms with van der Waals surface area (Å²) in [5.74, 6) is 1.22. The van der Waals surface area contributed by atoms with Gasteiger partial charge in [0.2, 0.25) is 5.95 Å². The summed E-state index contributed by atoms with van der Waals surface area (Å²) >= 11 is 0. The van der Waals surface area contributed by atoms with Gasteiger partial charge >= 0.3 is 0 Å². The molecule has 132 valence electrons. The highest BCUT2D eigenvalue weighted by molar-refractivity contribution is 6.04. The van der Waals surface area contributed by atoms with Crippen molar-refractivity contribution in [1.29, 1.82) is 0 Å². The van der Waals surface area contributed by atoms with Crippen LogP contribution in [0.4, 0.5) is 17.3 Å². The number of anilines is 3. The molecule has 1 amide bonds. The summed E-state index contributed by atoms with van der Waals surface area (Å²) in [6.07, 6.45) is 2.93. The predicted molar refractivity (Wildman–Crippen MR) is 99.3 cm³/mol. The van der Waals surface area contributed by atoms with Crippen LogP contribution in [0, 0.1) is 0 Å². The Labute approximate surface area is 151 Å². The van der Waals surface area contributed by atoms with Crippen LogP contribution in [0.15, 0.2) is 60.9 Å². The first-order chi connectivity index (χ1) is 12.7. The van der Waals surface area contributed by atoms with E-state index >= 15 is 0 Å². The second kappa shape index (κ2) is 7.98. The first-order valence-corrected chi connectivity index (χ1v) is 7.87. The number of hydrogen-bond donors (Lipinski definition) is 2. The molecular formula is C19H18N4O3. The molecule has 0 spiro atoms. The Morgan fingerprint density at radius 2 is 1.58 bits per heavy atom. The van der Waals surface area contributed by atoms with Crippen molar-refractivity contribution in [2.24, 2.45) is 0 Å². The number of nitrogens with one attached hydrogen (secondary N) is 2. The minimum Gasteiger partial charge on any atom is -0.493 e. The molecule has 0 aliphatic heterocycles. The van der Waals surface area contributed by atoms with Crippen LogP contribution >= 0.6 is 0 Å². The number of ether oxygens (including phenoxy) is 2. The lowest BCUT2D eigenvalue weighted by atomic mass is 10.2. The smallest absolute Gasteiger partial charge is 0.258 e. The molecular weight excluding hydrogens is 332 g/mol. The lowest BCUT2D eigenvalue weighted by Gasteiger charge is -2.10. The number of carbonyl (C=O) groups is 1. The van der Waals surface area contributed by atoms with E-state index in [1.807, 2.05) is 30.3 Å². The van der Waals surface area contributed by atoms with Crippen LogP contribution in [0.3, 0.4) is 0 Å². The summed E-state index contributed by atoms with van der Waals surface area (Å²) in [4.78, 5) is 20.7. The van der Waals surface area contributed by atoms with Gasteiger partial charge in [0.15, 0.2) is 11.5 Å². The molecule has 0 fully saturated rings. The van der Waals surface area contributed by atoms with Crippen LogP contribution in [-0.4, -0.2) is 30.1 Å². The highest BCUT2D eigenvalue weighted by Gasteiger charge is 2.10. The van der Waals surface area contributed by atoms with E-state index in [2.05, 4.69) is 20.6 Å². The van der Waals surface area contributed by atoms with Crippen molar-refractivity contribution in [3.8, 4) is 11.5 Å². The highest BCUT2D eigenvalue weighted by Crippen LogP contribution is 2.29. The minimum absolute atomic E-state index is 0.316. The average Bonchev–Trinajstić information content (AvgIpc) is 2.69. The summed E-state index contributed by atoms with van der Waals surface area (Å²) in [6.45, 7) is 0. The fraction of sp³-hybridized carbons (Fsp3) is 0.105. The molecule has 0 bridgehead atoms. The third-order valence-corrected chi connectivity index (χ3v) is 3.59. The van der Waals surface area contributed by atoms with Gasteiger partial charge in [-0.2, -0.15) is 0 Å². The highest BCUT2D eigenvalue weighted by atomic mass is 16.5. The number of nitrogens with zero attached hydrogens (tertiary/aromatic N) is 2. The number of rotatable bonds is 6. The molecule has 0 aliphatic carbocycles. The Hall–Kier alpha value is -3.61. The molecule has 0 saturated carbocycles. The van der Waals surface area contributed by atoms with E-state index in [0.717, 1.165) is 5.69 Å². The van der Waals surface area contributed by atoms with Gasteiger partial charge in [0.05, 0.1) is 19.8 Å². The second-order valence-electron chi connectivity index (χ2n) is 5.31. The molecule has 0 saturated heterocycles. The number of hydrogen-bond acceptors (Lipinski definition) is 6. The fourth-order valence-electron chi connectivity index (χ4n) is 2.28. The lowest BCUT2D eigenvalue weighted by molar-refractivity contribution is 0.102. The molecule has 2 N–H and O–H groups in total. The van der Waals surface area contributed by atoms with Crippen molar-refractivity contribution in [2.45, 2.75) is 0 Å². The number of benzene rings is 2. The zero-order chi connectivity index (χ0) is 18.4. The molecule has 0 unspecified atom stereocenters. The number of para-hydroxylation sites is 1. The zero-order valence-electron chi connectivity index (χ0n) is 14.4. The molecule has 0 radical (unpaired) electrons. The first kappa shape index (κ1) is 17.2. The van der Waals surface area contributed by atoms with Gasteiger partial charge in [-0.05, 0) is 24.3 Å². The van der Waals surface area contributed by atoms with E-state index in [1.54, 1.807) is 25.3 Å². The molecule has 7 nitrogen and oxygen atoms in total. The molecule has 0 aliphatic rings. The van der Waals surface area contributed by atoms with Crippen LogP contribution in [0.25, 0.3) is 0 Å². The van der Waals surface area contributed by atoms with Gasteiger partial charge in [-0.1, -0.05) is 18.2 Å². The van der Waals surface area contributed by atoms with Gasteiger partial charge in [0.25, 0.3) is 5.91 Å². The monoisotopic (exact) mass is 350 g/mol. The number of methoxy groups -OCH3 is 2. The Balaban J connectivity index is 1.68. The van der Waals surface area contributed by atoms with E-state index < -0.39 is 0 Å². The number of aromatic nitrogens is 2. The molecule has 0 atom stereocenters. The Morgan fingerprint density at radius 3 is 2.23 bits per heavy atom. The van der Waals surface area contributed by atoms with Gasteiger partial charge in [-0.25, -0.2) is 9.97 Å². The Morgan fingerprint density at radius 1 is 0.885 bits per heavy atom. The van der Waals surface area contributed by atoms with Gasteiger partial charge in [0, 0.05) is 29.8 Å². The van der Waals surface area contributed by atoms with Crippen molar-refractivity contribution in [3.05, 3.63) is 66.5 Å². The van der Waals surface area contributed by atoms with E-state index in [4.69, 9.17) is 9.47 Å². The van der Waals surface area contributed by atoms with Crippen LogP contribution in [0.5, 0.6) is 11.5 Å². The molecule has 7 heteroatoms. The molecule has 2 aromatic carbocycles. The molecule has 1 heterocycles. The largest absolute Gasteiger partial charge is 0.493 e. The standard InChI is InChI=1S/C19H18N4O3/c1-25-16-9-8-15(10-17(16)26-2)22-18(24)13-11-20-19(21-12-13)23-14-6-4-3-5-7-14/h3-12H,1-2H3,(H,22,24)(H,20,21,23). The molecule has 26 heavy (non-hydrogen) atoms. The zero-order valence-corrected chi connectivity index (χ0v) is 14.4. The van der Waals surface area contributed by atoms with Gasteiger partial charge in [-0.15, -0.1) is 0 Å². The average molecular weight is 350 g/mol. The van der Waals surface area contributed by atoms with Crippen molar-refractivity contribution >= 4 is 23.2 Å². The summed E-state index contributed by atoms with van der Waals surface area (Å²) in [7, 11) is 3.09. The first-order valence-electron chi connectivity index (χ1n) is 7.87. The quantitative estimate of drug-likeness (QED) is 0.708. The topological polar surface area (TPSA) is 85.4 Å². The van der Waals surface area contributed by atoms with Crippen molar-refractivity contribution in [1.82, 2.24) is 9.97 Å². The summed E-state index contributed by atoms with van der Waals surface area (Å²) in [5.41, 5.74) is 1.80. The third-order valence-electron chi connectivity index (χ3n) is 3.59. The molecule has 3 aromatic rings. The minimum atomic E-state index is -0.316. The van der Waals surface area contributed by atoms with Crippen LogP contribution in [0.2, 0.25) is 0 Å².